The Hall–Kier alpha value is -1.93. The van der Waals surface area contributed by atoms with Crippen LogP contribution in [0.1, 0.15) is 37.0 Å². The molecule has 0 saturated heterocycles. The van der Waals surface area contributed by atoms with Crippen LogP contribution in [0, 0.1) is 0 Å². The van der Waals surface area contributed by atoms with Gasteiger partial charge < -0.3 is 9.42 Å². The van der Waals surface area contributed by atoms with Crippen molar-refractivity contribution in [3.8, 4) is 0 Å². The highest BCUT2D eigenvalue weighted by atomic mass is 32.2. The summed E-state index contributed by atoms with van der Waals surface area (Å²) in [6.45, 7) is 3.44. The second-order valence-electron chi connectivity index (χ2n) is 5.71. The third-order valence-electron chi connectivity index (χ3n) is 3.96. The molecule has 0 atom stereocenters. The number of benzene rings is 1. The highest BCUT2D eigenvalue weighted by Gasteiger charge is 2.23. The first-order chi connectivity index (χ1) is 11.0. The number of aromatic nitrogens is 2. The number of nitrogens with two attached hydrogens (primary N) is 1. The zero-order valence-corrected chi connectivity index (χ0v) is 13.8. The maximum absolute atomic E-state index is 11.4. The van der Waals surface area contributed by atoms with E-state index in [2.05, 4.69) is 22.0 Å². The fourth-order valence-electron chi connectivity index (χ4n) is 2.74. The molecule has 2 heterocycles. The van der Waals surface area contributed by atoms with E-state index in [4.69, 9.17) is 9.66 Å². The van der Waals surface area contributed by atoms with Gasteiger partial charge >= 0.3 is 0 Å². The molecule has 0 fully saturated rings. The third kappa shape index (κ3) is 3.53. The highest BCUT2D eigenvalue weighted by molar-refractivity contribution is 7.89. The molecular formula is C15H20N4O3S. The molecule has 1 aliphatic rings. The van der Waals surface area contributed by atoms with Crippen molar-refractivity contribution in [1.82, 2.24) is 10.1 Å². The molecule has 2 N–H and O–H groups in total. The van der Waals surface area contributed by atoms with Crippen molar-refractivity contribution in [3.05, 3.63) is 35.5 Å². The van der Waals surface area contributed by atoms with Crippen LogP contribution in [-0.4, -0.2) is 25.1 Å². The van der Waals surface area contributed by atoms with Crippen LogP contribution in [0.2, 0.25) is 0 Å². The lowest BCUT2D eigenvalue weighted by molar-refractivity contribution is 0.371. The smallest absolute Gasteiger partial charge is 0.246 e. The van der Waals surface area contributed by atoms with E-state index in [1.54, 1.807) is 12.1 Å². The zero-order valence-electron chi connectivity index (χ0n) is 13.0. The first-order valence-electron chi connectivity index (χ1n) is 7.69. The minimum Gasteiger partial charge on any atom is -0.362 e. The van der Waals surface area contributed by atoms with Gasteiger partial charge in [0.25, 0.3) is 0 Å². The molecule has 0 amide bonds. The molecule has 0 saturated carbocycles. The molecule has 2 aromatic rings. The Morgan fingerprint density at radius 3 is 2.96 bits per heavy atom. The molecule has 8 heteroatoms. The van der Waals surface area contributed by atoms with E-state index in [1.807, 2.05) is 0 Å². The van der Waals surface area contributed by atoms with E-state index < -0.39 is 10.0 Å². The summed E-state index contributed by atoms with van der Waals surface area (Å²) in [6.07, 6.45) is 3.74. The van der Waals surface area contributed by atoms with Crippen LogP contribution >= 0.6 is 0 Å². The van der Waals surface area contributed by atoms with Crippen molar-refractivity contribution >= 4 is 15.7 Å². The SMILES string of the molecule is CCCCc1noc(CN2CCc3cc(S(N)(=O)=O)ccc32)n1. The number of nitrogens with zero attached hydrogens (tertiary/aromatic N) is 3. The van der Waals surface area contributed by atoms with Crippen molar-refractivity contribution in [3.63, 3.8) is 0 Å². The predicted octanol–water partition coefficient (Wildman–Crippen LogP) is 1.62. The fraction of sp³-hybridized carbons (Fsp3) is 0.467. The topological polar surface area (TPSA) is 102 Å². The standard InChI is InChI=1S/C15H20N4O3S/c1-2-3-4-14-17-15(22-18-14)10-19-8-7-11-9-12(23(16,20)21)5-6-13(11)19/h5-6,9H,2-4,7-8,10H2,1H3,(H2,16,20,21). The van der Waals surface area contributed by atoms with Crippen LogP contribution in [-0.2, 0) is 29.4 Å². The van der Waals surface area contributed by atoms with E-state index in [1.165, 1.54) is 6.07 Å². The average Bonchev–Trinajstić information content (AvgIpc) is 3.11. The van der Waals surface area contributed by atoms with Gasteiger partial charge in [0.15, 0.2) is 5.82 Å². The van der Waals surface area contributed by atoms with E-state index >= 15 is 0 Å². The number of rotatable bonds is 6. The Morgan fingerprint density at radius 1 is 1.39 bits per heavy atom. The van der Waals surface area contributed by atoms with E-state index in [9.17, 15) is 8.42 Å². The molecule has 3 rings (SSSR count). The molecule has 1 aliphatic heterocycles. The van der Waals surface area contributed by atoms with Crippen LogP contribution < -0.4 is 10.0 Å². The number of primary sulfonamides is 1. The van der Waals surface area contributed by atoms with Crippen LogP contribution in [0.15, 0.2) is 27.6 Å². The molecule has 0 aliphatic carbocycles. The summed E-state index contributed by atoms with van der Waals surface area (Å²) in [5.74, 6) is 1.32. The normalized spacial score (nSPS) is 14.3. The van der Waals surface area contributed by atoms with Crippen molar-refractivity contribution in [2.45, 2.75) is 44.0 Å². The molecule has 0 spiro atoms. The fourth-order valence-corrected chi connectivity index (χ4v) is 3.31. The second kappa shape index (κ2) is 6.29. The van der Waals surface area contributed by atoms with Crippen LogP contribution in [0.3, 0.4) is 0 Å². The molecule has 124 valence electrons. The summed E-state index contributed by atoms with van der Waals surface area (Å²) in [6, 6.07) is 4.97. The molecule has 0 bridgehead atoms. The van der Waals surface area contributed by atoms with Gasteiger partial charge in [0, 0.05) is 18.7 Å². The summed E-state index contributed by atoms with van der Waals surface area (Å²) in [5, 5.41) is 9.17. The zero-order chi connectivity index (χ0) is 16.4. The Labute approximate surface area is 135 Å². The minimum atomic E-state index is -3.67. The summed E-state index contributed by atoms with van der Waals surface area (Å²) >= 11 is 0. The van der Waals surface area contributed by atoms with Crippen LogP contribution in [0.4, 0.5) is 5.69 Å². The summed E-state index contributed by atoms with van der Waals surface area (Å²) in [5.41, 5.74) is 1.97. The van der Waals surface area contributed by atoms with Crippen LogP contribution in [0.25, 0.3) is 0 Å². The van der Waals surface area contributed by atoms with E-state index in [0.29, 0.717) is 12.4 Å². The van der Waals surface area contributed by atoms with Gasteiger partial charge in [-0.05, 0) is 36.6 Å². The molecule has 1 aromatic heterocycles. The Kier molecular flexibility index (Phi) is 4.36. The molecule has 1 aromatic carbocycles. The van der Waals surface area contributed by atoms with E-state index in [0.717, 1.165) is 49.3 Å². The number of sulfonamides is 1. The maximum atomic E-state index is 11.4. The number of fused-ring (bicyclic) bond motifs is 1. The summed E-state index contributed by atoms with van der Waals surface area (Å²) in [4.78, 5) is 6.67. The quantitative estimate of drug-likeness (QED) is 0.860. The first kappa shape index (κ1) is 15.9. The van der Waals surface area contributed by atoms with Gasteiger partial charge in [0.1, 0.15) is 0 Å². The predicted molar refractivity (Wildman–Crippen MR) is 85.5 cm³/mol. The van der Waals surface area contributed by atoms with Crippen molar-refractivity contribution in [1.29, 1.82) is 0 Å². The first-order valence-corrected chi connectivity index (χ1v) is 9.24. The molecule has 23 heavy (non-hydrogen) atoms. The van der Waals surface area contributed by atoms with Gasteiger partial charge in [-0.1, -0.05) is 18.5 Å². The highest BCUT2D eigenvalue weighted by Crippen LogP contribution is 2.30. The minimum absolute atomic E-state index is 0.151. The number of unbranched alkanes of at least 4 members (excludes halogenated alkanes) is 1. The van der Waals surface area contributed by atoms with Gasteiger partial charge in [0.2, 0.25) is 15.9 Å². The van der Waals surface area contributed by atoms with Gasteiger partial charge in [-0.15, -0.1) is 0 Å². The Balaban J connectivity index is 1.74. The maximum Gasteiger partial charge on any atom is 0.246 e. The lowest BCUT2D eigenvalue weighted by Crippen LogP contribution is -2.20. The Morgan fingerprint density at radius 2 is 2.22 bits per heavy atom. The third-order valence-corrected chi connectivity index (χ3v) is 4.87. The number of aryl methyl sites for hydroxylation is 1. The lowest BCUT2D eigenvalue weighted by Gasteiger charge is -2.16. The van der Waals surface area contributed by atoms with Gasteiger partial charge in [0.05, 0.1) is 11.4 Å². The molecule has 0 radical (unpaired) electrons. The van der Waals surface area contributed by atoms with Crippen molar-refractivity contribution in [2.24, 2.45) is 5.14 Å². The summed E-state index contributed by atoms with van der Waals surface area (Å²) in [7, 11) is -3.67. The number of anilines is 1. The molecule has 0 unspecified atom stereocenters. The molecular weight excluding hydrogens is 316 g/mol. The van der Waals surface area contributed by atoms with Crippen molar-refractivity contribution in [2.75, 3.05) is 11.4 Å². The van der Waals surface area contributed by atoms with Gasteiger partial charge in [-0.3, -0.25) is 0 Å². The number of hydrogen-bond donors (Lipinski definition) is 1. The van der Waals surface area contributed by atoms with Gasteiger partial charge in [-0.2, -0.15) is 4.98 Å². The number of hydrogen-bond acceptors (Lipinski definition) is 6. The Bertz CT molecular complexity index is 801. The molecule has 7 nitrogen and oxygen atoms in total. The monoisotopic (exact) mass is 336 g/mol. The largest absolute Gasteiger partial charge is 0.362 e. The van der Waals surface area contributed by atoms with Crippen LogP contribution in [0.5, 0.6) is 0 Å². The van der Waals surface area contributed by atoms with E-state index in [-0.39, 0.29) is 4.90 Å². The van der Waals surface area contributed by atoms with Gasteiger partial charge in [-0.25, -0.2) is 13.6 Å². The van der Waals surface area contributed by atoms with Crippen molar-refractivity contribution < 1.29 is 12.9 Å². The average molecular weight is 336 g/mol. The lowest BCUT2D eigenvalue weighted by atomic mass is 10.2. The second-order valence-corrected chi connectivity index (χ2v) is 7.28. The summed E-state index contributed by atoms with van der Waals surface area (Å²) < 4.78 is 28.1.